The van der Waals surface area contributed by atoms with Crippen molar-refractivity contribution in [3.05, 3.63) is 89.0 Å². The molecule has 35 heavy (non-hydrogen) atoms. The molecule has 0 saturated carbocycles. The van der Waals surface area contributed by atoms with E-state index in [-0.39, 0.29) is 24.6 Å². The van der Waals surface area contributed by atoms with E-state index in [9.17, 15) is 23.2 Å². The molecule has 9 heteroatoms. The molecule has 0 radical (unpaired) electrons. The molecule has 0 aromatic heterocycles. The van der Waals surface area contributed by atoms with Crippen LogP contribution >= 0.6 is 0 Å². The van der Waals surface area contributed by atoms with E-state index in [0.717, 1.165) is 22.3 Å². The lowest BCUT2D eigenvalue weighted by molar-refractivity contribution is -0.118. The number of nitrogens with one attached hydrogen (secondary N) is 2. The van der Waals surface area contributed by atoms with Gasteiger partial charge >= 0.3 is 12.1 Å². The van der Waals surface area contributed by atoms with E-state index < -0.39 is 41.2 Å². The average Bonchev–Trinajstić information content (AvgIpc) is 3.14. The third-order valence-electron chi connectivity index (χ3n) is 5.88. The number of ether oxygens (including phenoxy) is 1. The molecule has 0 aliphatic heterocycles. The number of carboxylic acid groups (broad SMARTS) is 1. The van der Waals surface area contributed by atoms with E-state index >= 15 is 0 Å². The van der Waals surface area contributed by atoms with Crippen molar-refractivity contribution in [3.63, 3.8) is 0 Å². The molecule has 7 nitrogen and oxygen atoms in total. The van der Waals surface area contributed by atoms with Crippen LogP contribution in [0.4, 0.5) is 19.3 Å². The number of aromatic carboxylic acids is 1. The molecule has 4 rings (SSSR count). The summed E-state index contributed by atoms with van der Waals surface area (Å²) >= 11 is 0. The number of anilines is 1. The summed E-state index contributed by atoms with van der Waals surface area (Å²) in [7, 11) is 0. The van der Waals surface area contributed by atoms with Gasteiger partial charge in [-0.05, 0) is 40.8 Å². The first-order valence-electron chi connectivity index (χ1n) is 10.9. The first-order valence-corrected chi connectivity index (χ1v) is 10.9. The zero-order valence-electron chi connectivity index (χ0n) is 18.7. The van der Waals surface area contributed by atoms with Crippen molar-refractivity contribution in [1.29, 1.82) is 0 Å². The quantitative estimate of drug-likeness (QED) is 0.445. The number of carbonyl (C=O) groups excluding carboxylic acids is 2. The number of carbonyl (C=O) groups is 3. The fourth-order valence-electron chi connectivity index (χ4n) is 4.21. The van der Waals surface area contributed by atoms with Gasteiger partial charge in [0.25, 0.3) is 0 Å². The Balaban J connectivity index is 1.40. The fourth-order valence-corrected chi connectivity index (χ4v) is 4.21. The van der Waals surface area contributed by atoms with Crippen LogP contribution in [0.3, 0.4) is 0 Å². The Kier molecular flexibility index (Phi) is 6.77. The standard InChI is InChI=1S/C26H22F2N2O5/c1-2-22(24(31)29-14-11-20(27)23(25(32)33)21(28)12-14)30-26(34)35-13-19-17-9-5-3-7-15(17)16-8-4-6-10-18(16)19/h3-12,19,22H,2,13H2,1H3,(H,29,31)(H,30,34)(H,32,33). The highest BCUT2D eigenvalue weighted by Crippen LogP contribution is 2.44. The monoisotopic (exact) mass is 480 g/mol. The topological polar surface area (TPSA) is 105 Å². The van der Waals surface area contributed by atoms with E-state index in [2.05, 4.69) is 10.6 Å². The second-order valence-corrected chi connectivity index (χ2v) is 8.04. The van der Waals surface area contributed by atoms with Crippen molar-refractivity contribution < 1.29 is 33.0 Å². The Morgan fingerprint density at radius 3 is 2.03 bits per heavy atom. The Morgan fingerprint density at radius 2 is 1.51 bits per heavy atom. The second kappa shape index (κ2) is 9.92. The molecule has 3 aromatic carbocycles. The summed E-state index contributed by atoms with van der Waals surface area (Å²) in [5, 5.41) is 13.6. The zero-order valence-corrected chi connectivity index (χ0v) is 18.7. The SMILES string of the molecule is CCC(NC(=O)OCC1c2ccccc2-c2ccccc21)C(=O)Nc1cc(F)c(C(=O)O)c(F)c1. The maximum atomic E-state index is 13.9. The third kappa shape index (κ3) is 4.84. The summed E-state index contributed by atoms with van der Waals surface area (Å²) in [6.45, 7) is 1.70. The van der Waals surface area contributed by atoms with Crippen LogP contribution < -0.4 is 10.6 Å². The van der Waals surface area contributed by atoms with Gasteiger partial charge in [0.15, 0.2) is 0 Å². The largest absolute Gasteiger partial charge is 0.477 e. The van der Waals surface area contributed by atoms with Crippen molar-refractivity contribution >= 4 is 23.7 Å². The Bertz CT molecular complexity index is 1240. The van der Waals surface area contributed by atoms with Gasteiger partial charge in [0.2, 0.25) is 5.91 Å². The van der Waals surface area contributed by atoms with Crippen LogP contribution in [-0.4, -0.2) is 35.7 Å². The summed E-state index contributed by atoms with van der Waals surface area (Å²) < 4.78 is 33.2. The number of rotatable bonds is 7. The van der Waals surface area contributed by atoms with Crippen LogP contribution in [-0.2, 0) is 9.53 Å². The molecule has 180 valence electrons. The van der Waals surface area contributed by atoms with Gasteiger partial charge in [-0.25, -0.2) is 18.4 Å². The molecule has 0 heterocycles. The van der Waals surface area contributed by atoms with Crippen molar-refractivity contribution in [1.82, 2.24) is 5.32 Å². The lowest BCUT2D eigenvalue weighted by atomic mass is 9.98. The summed E-state index contributed by atoms with van der Waals surface area (Å²) in [6.07, 6.45) is -0.638. The molecule has 0 fully saturated rings. The molecular formula is C26H22F2N2O5. The van der Waals surface area contributed by atoms with Crippen LogP contribution in [0.5, 0.6) is 0 Å². The third-order valence-corrected chi connectivity index (χ3v) is 5.88. The summed E-state index contributed by atoms with van der Waals surface area (Å²) in [5.41, 5.74) is 2.85. The number of halogens is 2. The highest BCUT2D eigenvalue weighted by atomic mass is 19.1. The van der Waals surface area contributed by atoms with Gasteiger partial charge in [-0.3, -0.25) is 4.79 Å². The summed E-state index contributed by atoms with van der Waals surface area (Å²) in [5.74, 6) is -5.31. The molecule has 0 saturated heterocycles. The minimum absolute atomic E-state index is 0.0605. The van der Waals surface area contributed by atoms with Gasteiger partial charge < -0.3 is 20.5 Å². The number of hydrogen-bond acceptors (Lipinski definition) is 4. The van der Waals surface area contributed by atoms with Crippen molar-refractivity contribution in [3.8, 4) is 11.1 Å². The van der Waals surface area contributed by atoms with Crippen molar-refractivity contribution in [2.24, 2.45) is 0 Å². The molecule has 0 spiro atoms. The highest BCUT2D eigenvalue weighted by molar-refractivity contribution is 5.97. The number of benzene rings is 3. The number of hydrogen-bond donors (Lipinski definition) is 3. The average molecular weight is 480 g/mol. The number of amides is 2. The van der Waals surface area contributed by atoms with Gasteiger partial charge in [-0.15, -0.1) is 0 Å². The first-order chi connectivity index (χ1) is 16.8. The van der Waals surface area contributed by atoms with Gasteiger partial charge in [0, 0.05) is 11.6 Å². The predicted octanol–water partition coefficient (Wildman–Crippen LogP) is 4.92. The predicted molar refractivity (Wildman–Crippen MR) is 124 cm³/mol. The lowest BCUT2D eigenvalue weighted by Crippen LogP contribution is -2.43. The van der Waals surface area contributed by atoms with Crippen LogP contribution in [0.1, 0.15) is 40.7 Å². The fraction of sp³-hybridized carbons (Fsp3) is 0.192. The highest BCUT2D eigenvalue weighted by Gasteiger charge is 2.29. The molecular weight excluding hydrogens is 458 g/mol. The molecule has 3 aromatic rings. The van der Waals surface area contributed by atoms with E-state index in [4.69, 9.17) is 9.84 Å². The maximum Gasteiger partial charge on any atom is 0.407 e. The van der Waals surface area contributed by atoms with Crippen LogP contribution in [0.25, 0.3) is 11.1 Å². The van der Waals surface area contributed by atoms with E-state index in [1.54, 1.807) is 6.92 Å². The number of alkyl carbamates (subject to hydrolysis) is 1. The van der Waals surface area contributed by atoms with E-state index in [0.29, 0.717) is 12.1 Å². The van der Waals surface area contributed by atoms with Crippen LogP contribution in [0.15, 0.2) is 60.7 Å². The number of carboxylic acids is 1. The smallest absolute Gasteiger partial charge is 0.407 e. The Hall–Kier alpha value is -4.27. The number of fused-ring (bicyclic) bond motifs is 3. The van der Waals surface area contributed by atoms with Crippen molar-refractivity contribution in [2.45, 2.75) is 25.3 Å². The molecule has 1 aliphatic carbocycles. The zero-order chi connectivity index (χ0) is 25.1. The van der Waals surface area contributed by atoms with Crippen LogP contribution in [0.2, 0.25) is 0 Å². The lowest BCUT2D eigenvalue weighted by Gasteiger charge is -2.19. The van der Waals surface area contributed by atoms with Gasteiger partial charge in [-0.1, -0.05) is 55.5 Å². The first kappa shape index (κ1) is 23.9. The molecule has 0 bridgehead atoms. The Labute approximate surface area is 199 Å². The normalized spacial score (nSPS) is 12.9. The van der Waals surface area contributed by atoms with Crippen LogP contribution in [0, 0.1) is 11.6 Å². The minimum Gasteiger partial charge on any atom is -0.477 e. The molecule has 2 amide bonds. The summed E-state index contributed by atoms with van der Waals surface area (Å²) in [6, 6.07) is 16.1. The Morgan fingerprint density at radius 1 is 0.971 bits per heavy atom. The van der Waals surface area contributed by atoms with Gasteiger partial charge in [-0.2, -0.15) is 0 Å². The maximum absolute atomic E-state index is 13.9. The van der Waals surface area contributed by atoms with Gasteiger partial charge in [0.1, 0.15) is 29.8 Å². The van der Waals surface area contributed by atoms with Gasteiger partial charge in [0.05, 0.1) is 0 Å². The van der Waals surface area contributed by atoms with Crippen molar-refractivity contribution in [2.75, 3.05) is 11.9 Å². The van der Waals surface area contributed by atoms with E-state index in [1.807, 2.05) is 48.5 Å². The minimum atomic E-state index is -1.76. The second-order valence-electron chi connectivity index (χ2n) is 8.04. The molecule has 1 atom stereocenters. The van der Waals surface area contributed by atoms with E-state index in [1.165, 1.54) is 0 Å². The summed E-state index contributed by atoms with van der Waals surface area (Å²) in [4.78, 5) is 36.0. The molecule has 1 aliphatic rings. The molecule has 3 N–H and O–H groups in total. The molecule has 1 unspecified atom stereocenters.